The van der Waals surface area contributed by atoms with Crippen LogP contribution in [0.2, 0.25) is 0 Å². The van der Waals surface area contributed by atoms with Gasteiger partial charge in [0.1, 0.15) is 11.5 Å². The molecule has 26 heavy (non-hydrogen) atoms. The molecule has 4 heteroatoms. The van der Waals surface area contributed by atoms with E-state index in [0.29, 0.717) is 11.5 Å². The first kappa shape index (κ1) is 17.1. The van der Waals surface area contributed by atoms with Gasteiger partial charge in [0, 0.05) is 9.40 Å². The molecule has 4 rings (SSSR count). The Balaban J connectivity index is 1.61. The number of hydrogen-bond acceptors (Lipinski definition) is 4. The largest absolute Gasteiger partial charge is 0.508 e. The Bertz CT molecular complexity index is 1000. The van der Waals surface area contributed by atoms with Crippen molar-refractivity contribution in [1.82, 2.24) is 0 Å². The summed E-state index contributed by atoms with van der Waals surface area (Å²) >= 11 is 3.57. The topological polar surface area (TPSA) is 40.5 Å². The monoisotopic (exact) mass is 380 g/mol. The summed E-state index contributed by atoms with van der Waals surface area (Å²) in [4.78, 5) is 0. The van der Waals surface area contributed by atoms with Crippen LogP contribution in [0.1, 0.15) is 33.4 Å². The number of aromatic hydroxyl groups is 2. The molecule has 0 fully saturated rings. The van der Waals surface area contributed by atoms with E-state index in [1.165, 1.54) is 20.5 Å². The van der Waals surface area contributed by atoms with Gasteiger partial charge in [0.05, 0.1) is 0 Å². The predicted octanol–water partition coefficient (Wildman–Crippen LogP) is 6.17. The van der Waals surface area contributed by atoms with Crippen molar-refractivity contribution >= 4 is 32.1 Å². The van der Waals surface area contributed by atoms with Crippen LogP contribution in [0, 0.1) is 13.8 Å². The lowest BCUT2D eigenvalue weighted by molar-refractivity contribution is 0.470. The smallest absolute Gasteiger partial charge is 0.118 e. The number of hydrogen-bond donors (Lipinski definition) is 2. The van der Waals surface area contributed by atoms with Crippen LogP contribution in [0.25, 0.3) is 9.40 Å². The second kappa shape index (κ2) is 6.78. The fraction of sp³-hybridized carbons (Fsp3) is 0.182. The molecule has 0 radical (unpaired) electrons. The van der Waals surface area contributed by atoms with Crippen molar-refractivity contribution < 1.29 is 10.2 Å². The second-order valence-electron chi connectivity index (χ2n) is 6.78. The lowest BCUT2D eigenvalue weighted by Gasteiger charge is -2.03. The summed E-state index contributed by atoms with van der Waals surface area (Å²) in [6, 6.07) is 11.8. The highest BCUT2D eigenvalue weighted by molar-refractivity contribution is 7.26. The summed E-state index contributed by atoms with van der Waals surface area (Å²) in [6.45, 7) is 3.83. The quantitative estimate of drug-likeness (QED) is 0.444. The zero-order valence-corrected chi connectivity index (χ0v) is 16.4. The molecule has 0 unspecified atom stereocenters. The van der Waals surface area contributed by atoms with E-state index < -0.39 is 0 Å². The Morgan fingerprint density at radius 1 is 0.692 bits per heavy atom. The Labute approximate surface area is 161 Å². The maximum atomic E-state index is 9.94. The fourth-order valence-electron chi connectivity index (χ4n) is 3.13. The SMILES string of the molecule is Cc1ccc(Cc2csc3c(Cc4ccc(C)c(O)c4)csc23)cc1O. The fourth-order valence-corrected chi connectivity index (χ4v) is 5.53. The van der Waals surface area contributed by atoms with Crippen molar-refractivity contribution in [3.05, 3.63) is 80.5 Å². The van der Waals surface area contributed by atoms with Crippen molar-refractivity contribution in [1.29, 1.82) is 0 Å². The Morgan fingerprint density at radius 3 is 1.50 bits per heavy atom. The van der Waals surface area contributed by atoms with Gasteiger partial charge in [-0.1, -0.05) is 24.3 Å². The molecule has 0 spiro atoms. The summed E-state index contributed by atoms with van der Waals surface area (Å²) in [5, 5.41) is 24.3. The van der Waals surface area contributed by atoms with Crippen LogP contribution in [0.4, 0.5) is 0 Å². The molecule has 0 aliphatic heterocycles. The third-order valence-corrected chi connectivity index (χ3v) is 7.10. The Morgan fingerprint density at radius 2 is 1.12 bits per heavy atom. The predicted molar refractivity (Wildman–Crippen MR) is 111 cm³/mol. The van der Waals surface area contributed by atoms with Gasteiger partial charge < -0.3 is 10.2 Å². The standard InChI is InChI=1S/C22H20O2S2/c1-13-3-5-15(9-19(13)23)7-17-11-25-22-18(12-26-21(17)22)8-16-6-4-14(2)20(24)10-16/h3-6,9-12,23-24H,7-8H2,1-2H3. The maximum absolute atomic E-state index is 9.94. The first-order chi connectivity index (χ1) is 12.5. The molecule has 2 N–H and O–H groups in total. The molecule has 0 aliphatic rings. The van der Waals surface area contributed by atoms with E-state index in [9.17, 15) is 10.2 Å². The average molecular weight is 381 g/mol. The molecule has 0 saturated carbocycles. The summed E-state index contributed by atoms with van der Waals surface area (Å²) in [6.07, 6.45) is 1.66. The molecule has 2 aromatic heterocycles. The lowest BCUT2D eigenvalue weighted by Crippen LogP contribution is -1.87. The molecular formula is C22H20O2S2. The van der Waals surface area contributed by atoms with Crippen molar-refractivity contribution in [2.45, 2.75) is 26.7 Å². The van der Waals surface area contributed by atoms with Crippen molar-refractivity contribution in [3.63, 3.8) is 0 Å². The van der Waals surface area contributed by atoms with E-state index >= 15 is 0 Å². The van der Waals surface area contributed by atoms with Gasteiger partial charge in [-0.05, 0) is 83.0 Å². The maximum Gasteiger partial charge on any atom is 0.118 e. The number of aryl methyl sites for hydroxylation is 2. The zero-order chi connectivity index (χ0) is 18.3. The average Bonchev–Trinajstić information content (AvgIpc) is 3.18. The van der Waals surface area contributed by atoms with Gasteiger partial charge in [0.15, 0.2) is 0 Å². The summed E-state index contributed by atoms with van der Waals surface area (Å²) in [7, 11) is 0. The minimum atomic E-state index is 0.361. The summed E-state index contributed by atoms with van der Waals surface area (Å²) in [5.74, 6) is 0.722. The summed E-state index contributed by atoms with van der Waals surface area (Å²) in [5.41, 5.74) is 6.71. The normalized spacial score (nSPS) is 11.3. The first-order valence-corrected chi connectivity index (χ1v) is 10.3. The van der Waals surface area contributed by atoms with Crippen LogP contribution >= 0.6 is 22.7 Å². The molecule has 132 valence electrons. The lowest BCUT2D eigenvalue weighted by atomic mass is 10.0. The Hall–Kier alpha value is -2.30. The Kier molecular flexibility index (Phi) is 4.47. The molecule has 2 nitrogen and oxygen atoms in total. The van der Waals surface area contributed by atoms with E-state index in [4.69, 9.17) is 0 Å². The third-order valence-electron chi connectivity index (χ3n) is 4.76. The number of benzene rings is 2. The van der Waals surface area contributed by atoms with Crippen molar-refractivity contribution in [2.24, 2.45) is 0 Å². The molecule has 0 aliphatic carbocycles. The van der Waals surface area contributed by atoms with E-state index in [1.54, 1.807) is 22.7 Å². The van der Waals surface area contributed by atoms with Gasteiger partial charge >= 0.3 is 0 Å². The van der Waals surface area contributed by atoms with Crippen LogP contribution in [0.3, 0.4) is 0 Å². The van der Waals surface area contributed by atoms with Gasteiger partial charge in [0.2, 0.25) is 0 Å². The van der Waals surface area contributed by atoms with Crippen LogP contribution in [-0.2, 0) is 12.8 Å². The first-order valence-electron chi connectivity index (χ1n) is 8.54. The number of fused-ring (bicyclic) bond motifs is 1. The van der Waals surface area contributed by atoms with Crippen molar-refractivity contribution in [3.8, 4) is 11.5 Å². The number of phenolic OH excluding ortho intramolecular Hbond substituents is 2. The number of phenols is 2. The van der Waals surface area contributed by atoms with Crippen LogP contribution in [0.5, 0.6) is 11.5 Å². The van der Waals surface area contributed by atoms with Gasteiger partial charge in [-0.15, -0.1) is 22.7 Å². The summed E-state index contributed by atoms with van der Waals surface area (Å²) < 4.78 is 2.67. The van der Waals surface area contributed by atoms with Gasteiger partial charge in [-0.3, -0.25) is 0 Å². The van der Waals surface area contributed by atoms with E-state index in [0.717, 1.165) is 35.1 Å². The number of rotatable bonds is 4. The van der Waals surface area contributed by atoms with E-state index in [1.807, 2.05) is 38.1 Å². The zero-order valence-electron chi connectivity index (χ0n) is 14.7. The molecule has 4 aromatic rings. The highest BCUT2D eigenvalue weighted by Crippen LogP contribution is 2.37. The molecule has 0 bridgehead atoms. The van der Waals surface area contributed by atoms with Crippen LogP contribution < -0.4 is 0 Å². The molecule has 2 aromatic carbocycles. The number of thiophene rings is 2. The molecule has 0 saturated heterocycles. The highest BCUT2D eigenvalue weighted by Gasteiger charge is 2.13. The van der Waals surface area contributed by atoms with Crippen LogP contribution in [0.15, 0.2) is 47.2 Å². The van der Waals surface area contributed by atoms with Crippen molar-refractivity contribution in [2.75, 3.05) is 0 Å². The van der Waals surface area contributed by atoms with Gasteiger partial charge in [0.25, 0.3) is 0 Å². The highest BCUT2D eigenvalue weighted by atomic mass is 32.1. The third kappa shape index (κ3) is 3.22. The van der Waals surface area contributed by atoms with E-state index in [2.05, 4.69) is 22.9 Å². The van der Waals surface area contributed by atoms with E-state index in [-0.39, 0.29) is 0 Å². The minimum Gasteiger partial charge on any atom is -0.508 e. The minimum absolute atomic E-state index is 0.361. The van der Waals surface area contributed by atoms with Crippen LogP contribution in [-0.4, -0.2) is 10.2 Å². The molecule has 0 amide bonds. The van der Waals surface area contributed by atoms with Gasteiger partial charge in [-0.25, -0.2) is 0 Å². The molecular weight excluding hydrogens is 360 g/mol. The second-order valence-corrected chi connectivity index (χ2v) is 8.53. The van der Waals surface area contributed by atoms with Gasteiger partial charge in [-0.2, -0.15) is 0 Å². The molecule has 0 atom stereocenters. The molecule has 2 heterocycles.